The fraction of sp³-hybridized carbons (Fsp3) is 0.545. The van der Waals surface area contributed by atoms with Gasteiger partial charge in [-0.05, 0) is 50.6 Å². The molecule has 0 atom stereocenters. The highest BCUT2D eigenvalue weighted by atomic mass is 16.6. The number of guanidine groups is 1. The van der Waals surface area contributed by atoms with Crippen molar-refractivity contribution in [2.24, 2.45) is 4.99 Å². The number of aliphatic imine (C=N–C) groups is 1. The lowest BCUT2D eigenvalue weighted by molar-refractivity contribution is 0.0963. The van der Waals surface area contributed by atoms with E-state index in [1.54, 1.807) is 4.90 Å². The Morgan fingerprint density at radius 1 is 1.21 bits per heavy atom. The molecule has 0 spiro atoms. The van der Waals surface area contributed by atoms with E-state index >= 15 is 0 Å². The zero-order valence-corrected chi connectivity index (χ0v) is 17.6. The fourth-order valence-corrected chi connectivity index (χ4v) is 3.70. The summed E-state index contributed by atoms with van der Waals surface area (Å²) in [5.74, 6) is 0.861. The molecule has 29 heavy (non-hydrogen) atoms. The Labute approximate surface area is 173 Å². The molecular formula is C22H33N5O2. The van der Waals surface area contributed by atoms with Gasteiger partial charge in [-0.2, -0.15) is 0 Å². The highest BCUT2D eigenvalue weighted by molar-refractivity contribution is 5.80. The molecule has 0 aliphatic carbocycles. The SMILES string of the molecule is CCNC(=NCCCn1ccc2ccccc21)NC1CCN(C(=O)OCC)CC1. The van der Waals surface area contributed by atoms with Crippen molar-refractivity contribution in [2.45, 2.75) is 45.7 Å². The Hall–Kier alpha value is -2.70. The molecule has 0 saturated carbocycles. The summed E-state index contributed by atoms with van der Waals surface area (Å²) >= 11 is 0. The summed E-state index contributed by atoms with van der Waals surface area (Å²) in [7, 11) is 0. The molecule has 1 saturated heterocycles. The van der Waals surface area contributed by atoms with Gasteiger partial charge in [0.1, 0.15) is 0 Å². The monoisotopic (exact) mass is 399 g/mol. The van der Waals surface area contributed by atoms with Gasteiger partial charge < -0.3 is 24.8 Å². The number of likely N-dealkylation sites (tertiary alicyclic amines) is 1. The summed E-state index contributed by atoms with van der Waals surface area (Å²) in [6, 6.07) is 10.9. The number of benzene rings is 1. The molecule has 1 aliphatic rings. The molecule has 2 N–H and O–H groups in total. The molecule has 0 radical (unpaired) electrons. The van der Waals surface area contributed by atoms with Crippen LogP contribution in [0, 0.1) is 0 Å². The standard InChI is InChI=1S/C22H33N5O2/c1-3-23-21(25-19-11-16-27(17-12-19)22(28)29-4-2)24-13-7-14-26-15-10-18-8-5-6-9-20(18)26/h5-6,8-10,15,19H,3-4,7,11-14,16-17H2,1-2H3,(H2,23,24,25). The third-order valence-corrected chi connectivity index (χ3v) is 5.21. The molecule has 2 aromatic rings. The lowest BCUT2D eigenvalue weighted by Gasteiger charge is -2.32. The van der Waals surface area contributed by atoms with Crippen LogP contribution in [0.25, 0.3) is 10.9 Å². The third-order valence-electron chi connectivity index (χ3n) is 5.21. The molecule has 1 fully saturated rings. The lowest BCUT2D eigenvalue weighted by atomic mass is 10.1. The maximum atomic E-state index is 11.8. The zero-order valence-electron chi connectivity index (χ0n) is 17.6. The Balaban J connectivity index is 1.45. The van der Waals surface area contributed by atoms with Gasteiger partial charge in [0.2, 0.25) is 0 Å². The van der Waals surface area contributed by atoms with Crippen LogP contribution in [0.1, 0.15) is 33.1 Å². The first-order chi connectivity index (χ1) is 14.2. The predicted octanol–water partition coefficient (Wildman–Crippen LogP) is 3.21. The molecule has 158 valence electrons. The van der Waals surface area contributed by atoms with E-state index < -0.39 is 0 Å². The molecule has 3 rings (SSSR count). The number of nitrogens with one attached hydrogen (secondary N) is 2. The van der Waals surface area contributed by atoms with Gasteiger partial charge in [0.25, 0.3) is 0 Å². The Morgan fingerprint density at radius 2 is 2.00 bits per heavy atom. The second kappa shape index (κ2) is 10.7. The molecule has 1 aromatic heterocycles. The van der Waals surface area contributed by atoms with Gasteiger partial charge in [0, 0.05) is 50.5 Å². The molecule has 7 nitrogen and oxygen atoms in total. The second-order valence-corrected chi connectivity index (χ2v) is 7.29. The summed E-state index contributed by atoms with van der Waals surface area (Å²) in [5.41, 5.74) is 1.27. The highest BCUT2D eigenvalue weighted by Crippen LogP contribution is 2.15. The van der Waals surface area contributed by atoms with E-state index in [1.807, 2.05) is 6.92 Å². The number of aromatic nitrogens is 1. The summed E-state index contributed by atoms with van der Waals surface area (Å²) in [4.78, 5) is 18.4. The number of piperidine rings is 1. The van der Waals surface area contributed by atoms with Crippen LogP contribution in [0.2, 0.25) is 0 Å². The summed E-state index contributed by atoms with van der Waals surface area (Å²) in [6.45, 7) is 8.32. The van der Waals surface area contributed by atoms with Gasteiger partial charge in [0.05, 0.1) is 6.61 Å². The van der Waals surface area contributed by atoms with E-state index in [2.05, 4.69) is 58.7 Å². The summed E-state index contributed by atoms with van der Waals surface area (Å²) in [5, 5.41) is 8.14. The van der Waals surface area contributed by atoms with Crippen LogP contribution in [-0.4, -0.2) is 60.3 Å². The molecular weight excluding hydrogens is 366 g/mol. The van der Waals surface area contributed by atoms with E-state index in [4.69, 9.17) is 9.73 Å². The van der Waals surface area contributed by atoms with Crippen LogP contribution in [0.3, 0.4) is 0 Å². The van der Waals surface area contributed by atoms with E-state index in [-0.39, 0.29) is 6.09 Å². The van der Waals surface area contributed by atoms with Crippen molar-refractivity contribution < 1.29 is 9.53 Å². The number of fused-ring (bicyclic) bond motifs is 1. The quantitative estimate of drug-likeness (QED) is 0.426. The first kappa shape index (κ1) is 21.0. The molecule has 1 aromatic carbocycles. The maximum Gasteiger partial charge on any atom is 0.409 e. The first-order valence-corrected chi connectivity index (χ1v) is 10.7. The summed E-state index contributed by atoms with van der Waals surface area (Å²) in [6.07, 6.45) is 4.73. The molecule has 1 aliphatic heterocycles. The van der Waals surface area contributed by atoms with Crippen molar-refractivity contribution in [3.63, 3.8) is 0 Å². The van der Waals surface area contributed by atoms with Crippen molar-refractivity contribution in [1.29, 1.82) is 0 Å². The number of para-hydroxylation sites is 1. The minimum absolute atomic E-state index is 0.205. The number of amides is 1. The van der Waals surface area contributed by atoms with Gasteiger partial charge in [0.15, 0.2) is 5.96 Å². The molecule has 1 amide bonds. The average Bonchev–Trinajstić information content (AvgIpc) is 3.15. The number of carbonyl (C=O) groups excluding carboxylic acids is 1. The largest absolute Gasteiger partial charge is 0.450 e. The van der Waals surface area contributed by atoms with Gasteiger partial charge in [-0.3, -0.25) is 4.99 Å². The van der Waals surface area contributed by atoms with Crippen LogP contribution < -0.4 is 10.6 Å². The summed E-state index contributed by atoms with van der Waals surface area (Å²) < 4.78 is 7.38. The molecule has 7 heteroatoms. The number of hydrogen-bond donors (Lipinski definition) is 2. The first-order valence-electron chi connectivity index (χ1n) is 10.7. The number of carbonyl (C=O) groups is 1. The lowest BCUT2D eigenvalue weighted by Crippen LogP contribution is -2.49. The third kappa shape index (κ3) is 5.89. The number of aryl methyl sites for hydroxylation is 1. The zero-order chi connectivity index (χ0) is 20.5. The van der Waals surface area contributed by atoms with Crippen molar-refractivity contribution in [1.82, 2.24) is 20.1 Å². The fourth-order valence-electron chi connectivity index (χ4n) is 3.70. The van der Waals surface area contributed by atoms with E-state index in [9.17, 15) is 4.79 Å². The van der Waals surface area contributed by atoms with Crippen LogP contribution in [-0.2, 0) is 11.3 Å². The second-order valence-electron chi connectivity index (χ2n) is 7.29. The molecule has 0 bridgehead atoms. The average molecular weight is 400 g/mol. The van der Waals surface area contributed by atoms with Gasteiger partial charge in [-0.25, -0.2) is 4.79 Å². The smallest absolute Gasteiger partial charge is 0.409 e. The highest BCUT2D eigenvalue weighted by Gasteiger charge is 2.23. The number of ether oxygens (including phenoxy) is 1. The van der Waals surface area contributed by atoms with Gasteiger partial charge in [-0.15, -0.1) is 0 Å². The van der Waals surface area contributed by atoms with Crippen LogP contribution >= 0.6 is 0 Å². The Bertz CT molecular complexity index is 808. The van der Waals surface area contributed by atoms with Crippen molar-refractivity contribution >= 4 is 23.0 Å². The number of nitrogens with zero attached hydrogens (tertiary/aromatic N) is 3. The van der Waals surface area contributed by atoms with E-state index in [0.29, 0.717) is 12.6 Å². The predicted molar refractivity (Wildman–Crippen MR) is 117 cm³/mol. The Morgan fingerprint density at radius 3 is 2.76 bits per heavy atom. The van der Waals surface area contributed by atoms with Crippen LogP contribution in [0.15, 0.2) is 41.5 Å². The van der Waals surface area contributed by atoms with Crippen molar-refractivity contribution in [2.75, 3.05) is 32.8 Å². The van der Waals surface area contributed by atoms with Gasteiger partial charge >= 0.3 is 6.09 Å². The minimum atomic E-state index is -0.205. The van der Waals surface area contributed by atoms with Crippen LogP contribution in [0.4, 0.5) is 4.79 Å². The normalized spacial score (nSPS) is 15.5. The van der Waals surface area contributed by atoms with Gasteiger partial charge in [-0.1, -0.05) is 18.2 Å². The van der Waals surface area contributed by atoms with Crippen molar-refractivity contribution in [3.05, 3.63) is 36.5 Å². The van der Waals surface area contributed by atoms with Crippen LogP contribution in [0.5, 0.6) is 0 Å². The molecule has 2 heterocycles. The Kier molecular flexibility index (Phi) is 7.78. The maximum absolute atomic E-state index is 11.8. The minimum Gasteiger partial charge on any atom is -0.450 e. The van der Waals surface area contributed by atoms with E-state index in [1.165, 1.54) is 10.9 Å². The number of rotatable bonds is 7. The van der Waals surface area contributed by atoms with E-state index in [0.717, 1.165) is 57.9 Å². The molecule has 0 unspecified atom stereocenters. The topological polar surface area (TPSA) is 70.9 Å². The van der Waals surface area contributed by atoms with Crippen molar-refractivity contribution in [3.8, 4) is 0 Å². The number of hydrogen-bond acceptors (Lipinski definition) is 3.